The number of amides is 1. The number of likely N-dealkylation sites (N-methyl/N-ethyl adjacent to an activating group) is 1. The molecule has 1 aromatic heterocycles. The third-order valence-corrected chi connectivity index (χ3v) is 4.74. The van der Waals surface area contributed by atoms with Crippen LogP contribution in [0, 0.1) is 0 Å². The Morgan fingerprint density at radius 2 is 2.16 bits per heavy atom. The van der Waals surface area contributed by atoms with Crippen LogP contribution in [-0.4, -0.2) is 63.3 Å². The van der Waals surface area contributed by atoms with Crippen molar-refractivity contribution in [2.24, 2.45) is 0 Å². The number of fused-ring (bicyclic) bond motifs is 1. The molecule has 1 aliphatic heterocycles. The lowest BCUT2D eigenvalue weighted by Gasteiger charge is -2.24. The van der Waals surface area contributed by atoms with E-state index >= 15 is 0 Å². The number of aromatic nitrogens is 1. The molecule has 0 saturated heterocycles. The number of para-hydroxylation sites is 1. The standard InChI is InChI=1S/C17H21N3O4S/c1-19(2)7-8-20(16(21)13-11-23-9-10-24-13)17-18-15-12(22-3)5-4-6-14(15)25-17/h4-6,11H,7-10H2,1-3H3. The van der Waals surface area contributed by atoms with Gasteiger partial charge in [-0.3, -0.25) is 9.69 Å². The normalized spacial score (nSPS) is 14.0. The van der Waals surface area contributed by atoms with Crippen LogP contribution in [0.4, 0.5) is 5.13 Å². The number of hydrogen-bond acceptors (Lipinski definition) is 7. The van der Waals surface area contributed by atoms with Crippen molar-refractivity contribution in [2.45, 2.75) is 0 Å². The SMILES string of the molecule is COc1cccc2sc(N(CCN(C)C)C(=O)C3=COCCO3)nc12. The average molecular weight is 363 g/mol. The Bertz CT molecular complexity index is 787. The summed E-state index contributed by atoms with van der Waals surface area (Å²) in [6, 6.07) is 5.74. The molecule has 1 amide bonds. The Kier molecular flexibility index (Phi) is 5.40. The van der Waals surface area contributed by atoms with Crippen molar-refractivity contribution < 1.29 is 19.0 Å². The molecule has 0 spiro atoms. The third-order valence-electron chi connectivity index (χ3n) is 3.70. The molecule has 2 aromatic rings. The van der Waals surface area contributed by atoms with Crippen LogP contribution in [0.15, 0.2) is 30.2 Å². The molecule has 3 rings (SSSR count). The Morgan fingerprint density at radius 1 is 1.32 bits per heavy atom. The Morgan fingerprint density at radius 3 is 2.84 bits per heavy atom. The van der Waals surface area contributed by atoms with Gasteiger partial charge in [-0.05, 0) is 26.2 Å². The van der Waals surface area contributed by atoms with E-state index in [9.17, 15) is 4.79 Å². The number of benzene rings is 1. The minimum absolute atomic E-state index is 0.205. The first-order valence-corrected chi connectivity index (χ1v) is 8.76. The van der Waals surface area contributed by atoms with Gasteiger partial charge in [-0.1, -0.05) is 17.4 Å². The van der Waals surface area contributed by atoms with Crippen LogP contribution >= 0.6 is 11.3 Å². The largest absolute Gasteiger partial charge is 0.494 e. The maximum Gasteiger partial charge on any atom is 0.298 e. The molecular weight excluding hydrogens is 342 g/mol. The first kappa shape index (κ1) is 17.5. The monoisotopic (exact) mass is 363 g/mol. The van der Waals surface area contributed by atoms with Gasteiger partial charge in [0, 0.05) is 13.1 Å². The summed E-state index contributed by atoms with van der Waals surface area (Å²) in [5, 5.41) is 0.612. The van der Waals surface area contributed by atoms with Crippen LogP contribution in [0.5, 0.6) is 5.75 Å². The summed E-state index contributed by atoms with van der Waals surface area (Å²) in [4.78, 5) is 21.2. The van der Waals surface area contributed by atoms with Gasteiger partial charge in [-0.25, -0.2) is 4.98 Å². The molecule has 0 aliphatic carbocycles. The number of methoxy groups -OCH3 is 1. The van der Waals surface area contributed by atoms with Crippen molar-refractivity contribution >= 4 is 32.6 Å². The van der Waals surface area contributed by atoms with Gasteiger partial charge in [0.25, 0.3) is 5.91 Å². The molecule has 0 saturated carbocycles. The molecule has 25 heavy (non-hydrogen) atoms. The fourth-order valence-electron chi connectivity index (χ4n) is 2.39. The lowest BCUT2D eigenvalue weighted by Crippen LogP contribution is -2.38. The highest BCUT2D eigenvalue weighted by atomic mass is 32.1. The quantitative estimate of drug-likeness (QED) is 0.783. The molecule has 134 valence electrons. The van der Waals surface area contributed by atoms with Gasteiger partial charge in [0.2, 0.25) is 5.76 Å². The zero-order valence-electron chi connectivity index (χ0n) is 14.5. The minimum atomic E-state index is -0.250. The maximum absolute atomic E-state index is 12.9. The van der Waals surface area contributed by atoms with Gasteiger partial charge in [-0.2, -0.15) is 0 Å². The smallest absolute Gasteiger partial charge is 0.298 e. The summed E-state index contributed by atoms with van der Waals surface area (Å²) < 4.78 is 17.0. The van der Waals surface area contributed by atoms with Crippen LogP contribution in [0.2, 0.25) is 0 Å². The lowest BCUT2D eigenvalue weighted by atomic mass is 10.3. The van der Waals surface area contributed by atoms with E-state index in [0.29, 0.717) is 37.2 Å². The van der Waals surface area contributed by atoms with E-state index in [4.69, 9.17) is 14.2 Å². The third kappa shape index (κ3) is 3.85. The lowest BCUT2D eigenvalue weighted by molar-refractivity contribution is -0.119. The Labute approximate surface area is 150 Å². The number of rotatable bonds is 6. The van der Waals surface area contributed by atoms with Gasteiger partial charge in [0.05, 0.1) is 11.8 Å². The molecule has 8 heteroatoms. The van der Waals surface area contributed by atoms with Gasteiger partial charge in [0.15, 0.2) is 5.13 Å². The van der Waals surface area contributed by atoms with Gasteiger partial charge < -0.3 is 19.1 Å². The topological polar surface area (TPSA) is 64.1 Å². The highest BCUT2D eigenvalue weighted by Crippen LogP contribution is 2.34. The predicted octanol–water partition coefficient (Wildman–Crippen LogP) is 2.09. The van der Waals surface area contributed by atoms with E-state index in [0.717, 1.165) is 10.2 Å². The second-order valence-electron chi connectivity index (χ2n) is 5.76. The zero-order valence-corrected chi connectivity index (χ0v) is 15.3. The fourth-order valence-corrected chi connectivity index (χ4v) is 3.40. The molecule has 0 fully saturated rings. The van der Waals surface area contributed by atoms with Crippen molar-refractivity contribution in [3.8, 4) is 5.75 Å². The molecule has 0 N–H and O–H groups in total. The maximum atomic E-state index is 12.9. The number of carbonyl (C=O) groups excluding carboxylic acids is 1. The first-order valence-electron chi connectivity index (χ1n) is 7.95. The highest BCUT2D eigenvalue weighted by Gasteiger charge is 2.26. The second kappa shape index (κ2) is 7.71. The van der Waals surface area contributed by atoms with Crippen LogP contribution in [-0.2, 0) is 14.3 Å². The van der Waals surface area contributed by atoms with E-state index in [-0.39, 0.29) is 11.7 Å². The van der Waals surface area contributed by atoms with Gasteiger partial charge in [-0.15, -0.1) is 0 Å². The molecule has 0 radical (unpaired) electrons. The highest BCUT2D eigenvalue weighted by molar-refractivity contribution is 7.22. The number of nitrogens with zero attached hydrogens (tertiary/aromatic N) is 3. The van der Waals surface area contributed by atoms with Crippen molar-refractivity contribution in [3.05, 3.63) is 30.2 Å². The number of hydrogen-bond donors (Lipinski definition) is 0. The fraction of sp³-hybridized carbons (Fsp3) is 0.412. The van der Waals surface area contributed by atoms with Crippen molar-refractivity contribution in [2.75, 3.05) is 52.4 Å². The summed E-state index contributed by atoms with van der Waals surface area (Å²) >= 11 is 1.45. The Hall–Kier alpha value is -2.32. The van der Waals surface area contributed by atoms with E-state index in [2.05, 4.69) is 4.98 Å². The van der Waals surface area contributed by atoms with E-state index in [1.807, 2.05) is 37.2 Å². The predicted molar refractivity (Wildman–Crippen MR) is 97.1 cm³/mol. The zero-order chi connectivity index (χ0) is 17.8. The van der Waals surface area contributed by atoms with Crippen LogP contribution in [0.25, 0.3) is 10.2 Å². The van der Waals surface area contributed by atoms with Crippen LogP contribution < -0.4 is 9.64 Å². The van der Waals surface area contributed by atoms with Crippen LogP contribution in [0.1, 0.15) is 0 Å². The number of carbonyl (C=O) groups is 1. The average Bonchev–Trinajstić information content (AvgIpc) is 3.06. The second-order valence-corrected chi connectivity index (χ2v) is 6.77. The van der Waals surface area contributed by atoms with E-state index in [1.165, 1.54) is 17.6 Å². The molecule has 1 aromatic carbocycles. The summed E-state index contributed by atoms with van der Waals surface area (Å²) in [7, 11) is 5.54. The summed E-state index contributed by atoms with van der Waals surface area (Å²) in [5.41, 5.74) is 0.752. The van der Waals surface area contributed by atoms with Crippen molar-refractivity contribution in [1.82, 2.24) is 9.88 Å². The summed E-state index contributed by atoms with van der Waals surface area (Å²) in [6.07, 6.45) is 1.38. The molecule has 0 unspecified atom stereocenters. The number of thiazole rings is 1. The first-order chi connectivity index (χ1) is 12.1. The molecule has 2 heterocycles. The van der Waals surface area contributed by atoms with Gasteiger partial charge in [0.1, 0.15) is 30.7 Å². The molecule has 7 nitrogen and oxygen atoms in total. The molecule has 0 atom stereocenters. The number of anilines is 1. The van der Waals surface area contributed by atoms with Crippen LogP contribution in [0.3, 0.4) is 0 Å². The summed E-state index contributed by atoms with van der Waals surface area (Å²) in [5.74, 6) is 0.646. The van der Waals surface area contributed by atoms with Gasteiger partial charge >= 0.3 is 0 Å². The Balaban J connectivity index is 1.96. The van der Waals surface area contributed by atoms with Crippen molar-refractivity contribution in [3.63, 3.8) is 0 Å². The molecular formula is C17H21N3O4S. The van der Waals surface area contributed by atoms with Crippen molar-refractivity contribution in [1.29, 1.82) is 0 Å². The molecule has 1 aliphatic rings. The van der Waals surface area contributed by atoms with E-state index < -0.39 is 0 Å². The minimum Gasteiger partial charge on any atom is -0.494 e. The summed E-state index contributed by atoms with van der Waals surface area (Å²) in [6.45, 7) is 2.02. The molecule has 0 bridgehead atoms. The number of ether oxygens (including phenoxy) is 3. The van der Waals surface area contributed by atoms with E-state index in [1.54, 1.807) is 12.0 Å².